The second-order valence-corrected chi connectivity index (χ2v) is 13.7. The molecule has 10 heteroatoms. The highest BCUT2D eigenvalue weighted by molar-refractivity contribution is 14.1. The number of nitrogens with zero attached hydrogens (tertiary/aromatic N) is 2. The largest absolute Gasteiger partial charge is 0.497 e. The van der Waals surface area contributed by atoms with E-state index in [9.17, 15) is 9.59 Å². The van der Waals surface area contributed by atoms with E-state index in [0.717, 1.165) is 23.8 Å². The molecule has 0 saturated heterocycles. The summed E-state index contributed by atoms with van der Waals surface area (Å²) in [6, 6.07) is 30.1. The van der Waals surface area contributed by atoms with Crippen LogP contribution in [0, 0.1) is 7.14 Å². The van der Waals surface area contributed by atoms with E-state index in [0.29, 0.717) is 38.7 Å². The van der Waals surface area contributed by atoms with Crippen LogP contribution in [-0.4, -0.2) is 24.3 Å². The molecule has 1 aromatic heterocycles. The van der Waals surface area contributed by atoms with Crippen molar-refractivity contribution in [2.45, 2.75) is 19.6 Å². The van der Waals surface area contributed by atoms with Gasteiger partial charge in [0.05, 0.1) is 39.1 Å². The monoisotopic (exact) mass is 854 g/mol. The molecule has 0 unspecified atom stereocenters. The molecule has 4 aromatic carbocycles. The summed E-state index contributed by atoms with van der Waals surface area (Å²) < 4.78 is 21.4. The summed E-state index contributed by atoms with van der Waals surface area (Å²) in [5.41, 5.74) is 3.76. The first-order valence-corrected chi connectivity index (χ1v) is 17.4. The number of benzene rings is 4. The Kier molecular flexibility index (Phi) is 10.0. The molecule has 0 radical (unpaired) electrons. The summed E-state index contributed by atoms with van der Waals surface area (Å²) in [5.74, 6) is 0.767. The van der Waals surface area contributed by atoms with Gasteiger partial charge in [0.1, 0.15) is 18.1 Å². The van der Waals surface area contributed by atoms with Gasteiger partial charge in [0.25, 0.3) is 5.56 Å². The Balaban J connectivity index is 1.58. The molecule has 6 rings (SSSR count). The average Bonchev–Trinajstić information content (AvgIpc) is 3.38. The molecule has 0 N–H and O–H groups in total. The van der Waals surface area contributed by atoms with Crippen molar-refractivity contribution in [3.63, 3.8) is 0 Å². The van der Waals surface area contributed by atoms with Crippen LogP contribution >= 0.6 is 56.5 Å². The SMILES string of the molecule is CCOC(=O)C1=C(c2ccccc2)N=c2s/c(=C\c3cc(I)cc(I)c3OCc3ccccc3)c(=O)n2[C@@H]1c1cccc(OC)c1. The first-order valence-electron chi connectivity index (χ1n) is 14.5. The van der Waals surface area contributed by atoms with E-state index < -0.39 is 12.0 Å². The predicted octanol–water partition coefficient (Wildman–Crippen LogP) is 6.73. The molecule has 0 amide bonds. The molecule has 0 fully saturated rings. The molecule has 0 saturated carbocycles. The molecular weight excluding hydrogens is 826 g/mol. The van der Waals surface area contributed by atoms with E-state index in [1.54, 1.807) is 18.6 Å². The Labute approximate surface area is 297 Å². The molecule has 0 aliphatic carbocycles. The van der Waals surface area contributed by atoms with Crippen LogP contribution in [0.2, 0.25) is 0 Å². The van der Waals surface area contributed by atoms with Gasteiger partial charge in [-0.25, -0.2) is 9.79 Å². The maximum absolute atomic E-state index is 14.4. The molecule has 7 nitrogen and oxygen atoms in total. The Hall–Kier alpha value is -3.75. The molecule has 46 heavy (non-hydrogen) atoms. The summed E-state index contributed by atoms with van der Waals surface area (Å²) in [6.45, 7) is 2.33. The third kappa shape index (κ3) is 6.69. The number of carbonyl (C=O) groups is 1. The van der Waals surface area contributed by atoms with Crippen LogP contribution in [0.15, 0.2) is 112 Å². The lowest BCUT2D eigenvalue weighted by Gasteiger charge is -2.26. The highest BCUT2D eigenvalue weighted by Gasteiger charge is 2.35. The number of methoxy groups -OCH3 is 1. The van der Waals surface area contributed by atoms with Gasteiger partial charge in [0.2, 0.25) is 0 Å². The zero-order chi connectivity index (χ0) is 32.2. The van der Waals surface area contributed by atoms with E-state index in [2.05, 4.69) is 45.2 Å². The summed E-state index contributed by atoms with van der Waals surface area (Å²) in [7, 11) is 1.59. The predicted molar refractivity (Wildman–Crippen MR) is 197 cm³/mol. The number of fused-ring (bicyclic) bond motifs is 1. The van der Waals surface area contributed by atoms with Crippen molar-refractivity contribution in [3.05, 3.63) is 152 Å². The van der Waals surface area contributed by atoms with Gasteiger partial charge in [-0.15, -0.1) is 0 Å². The van der Waals surface area contributed by atoms with Gasteiger partial charge < -0.3 is 14.2 Å². The van der Waals surface area contributed by atoms with Crippen molar-refractivity contribution in [2.75, 3.05) is 13.7 Å². The highest BCUT2D eigenvalue weighted by Crippen LogP contribution is 2.36. The van der Waals surface area contributed by atoms with Crippen molar-refractivity contribution in [3.8, 4) is 11.5 Å². The summed E-state index contributed by atoms with van der Waals surface area (Å²) in [5, 5.41) is 0. The standard InChI is InChI=1S/C36H28I2N2O5S/c1-3-44-35(42)30-31(23-13-8-5-9-14-23)39-36-40(32(30)24-15-10-16-27(18-24)43-2)34(41)29(46-36)19-25-17-26(37)20-28(38)33(25)45-21-22-11-6-4-7-12-22/h4-20,32H,3,21H2,1-2H3/b29-19-/t32-/m1/s1. The zero-order valence-electron chi connectivity index (χ0n) is 24.9. The normalized spacial score (nSPS) is 14.4. The number of ether oxygens (including phenoxy) is 3. The molecule has 1 atom stereocenters. The second-order valence-electron chi connectivity index (χ2n) is 10.3. The van der Waals surface area contributed by atoms with E-state index in [4.69, 9.17) is 19.2 Å². The Morgan fingerprint density at radius 1 is 0.978 bits per heavy atom. The van der Waals surface area contributed by atoms with E-state index in [-0.39, 0.29) is 17.7 Å². The molecule has 5 aromatic rings. The van der Waals surface area contributed by atoms with Crippen molar-refractivity contribution < 1.29 is 19.0 Å². The van der Waals surface area contributed by atoms with Crippen molar-refractivity contribution in [1.82, 2.24) is 4.57 Å². The van der Waals surface area contributed by atoms with Gasteiger partial charge >= 0.3 is 5.97 Å². The average molecular weight is 855 g/mol. The lowest BCUT2D eigenvalue weighted by Crippen LogP contribution is -2.40. The van der Waals surface area contributed by atoms with Crippen LogP contribution in [0.1, 0.15) is 35.2 Å². The zero-order valence-corrected chi connectivity index (χ0v) is 30.0. The lowest BCUT2D eigenvalue weighted by molar-refractivity contribution is -0.138. The molecular formula is C36H28I2N2O5S. The third-order valence-corrected chi connectivity index (χ3v) is 9.74. The number of rotatable bonds is 9. The molecule has 232 valence electrons. The number of hydrogen-bond donors (Lipinski definition) is 0. The second kappa shape index (κ2) is 14.3. The molecule has 1 aliphatic rings. The minimum Gasteiger partial charge on any atom is -0.497 e. The van der Waals surface area contributed by atoms with E-state index >= 15 is 0 Å². The van der Waals surface area contributed by atoms with Crippen LogP contribution in [0.4, 0.5) is 0 Å². The van der Waals surface area contributed by atoms with E-state index in [1.807, 2.05) is 103 Å². The number of thiazole rings is 1. The quantitative estimate of drug-likeness (QED) is 0.122. The maximum Gasteiger partial charge on any atom is 0.338 e. The van der Waals surface area contributed by atoms with Gasteiger partial charge in [0.15, 0.2) is 4.80 Å². The first kappa shape index (κ1) is 32.2. The van der Waals surface area contributed by atoms with Crippen molar-refractivity contribution in [1.29, 1.82) is 0 Å². The topological polar surface area (TPSA) is 79.1 Å². The minimum atomic E-state index is -0.799. The molecule has 0 bridgehead atoms. The fourth-order valence-corrected chi connectivity index (χ4v) is 8.32. The van der Waals surface area contributed by atoms with Crippen LogP contribution in [0.25, 0.3) is 11.8 Å². The molecule has 2 heterocycles. The minimum absolute atomic E-state index is 0.177. The summed E-state index contributed by atoms with van der Waals surface area (Å²) in [4.78, 5) is 33.6. The number of hydrogen-bond acceptors (Lipinski definition) is 7. The Bertz CT molecular complexity index is 2130. The fraction of sp³-hybridized carbons (Fsp3) is 0.139. The molecule has 0 spiro atoms. The fourth-order valence-electron chi connectivity index (χ4n) is 5.28. The number of esters is 1. The van der Waals surface area contributed by atoms with Crippen LogP contribution in [0.3, 0.4) is 0 Å². The highest BCUT2D eigenvalue weighted by atomic mass is 127. The first-order chi connectivity index (χ1) is 22.4. The number of halogens is 2. The van der Waals surface area contributed by atoms with Crippen LogP contribution in [-0.2, 0) is 16.1 Å². The van der Waals surface area contributed by atoms with Gasteiger partial charge in [0, 0.05) is 14.7 Å². The lowest BCUT2D eigenvalue weighted by atomic mass is 9.93. The van der Waals surface area contributed by atoms with Crippen LogP contribution < -0.4 is 24.4 Å². The van der Waals surface area contributed by atoms with Crippen LogP contribution in [0.5, 0.6) is 11.5 Å². The van der Waals surface area contributed by atoms with Gasteiger partial charge in [-0.3, -0.25) is 9.36 Å². The maximum atomic E-state index is 14.4. The summed E-state index contributed by atoms with van der Waals surface area (Å²) >= 11 is 5.82. The van der Waals surface area contributed by atoms with Gasteiger partial charge in [-0.05, 0) is 93.6 Å². The van der Waals surface area contributed by atoms with E-state index in [1.165, 1.54) is 11.3 Å². The Morgan fingerprint density at radius 2 is 1.72 bits per heavy atom. The number of aromatic nitrogens is 1. The Morgan fingerprint density at radius 3 is 2.43 bits per heavy atom. The van der Waals surface area contributed by atoms with Crippen molar-refractivity contribution >= 4 is 74.3 Å². The van der Waals surface area contributed by atoms with Gasteiger partial charge in [-0.1, -0.05) is 84.1 Å². The van der Waals surface area contributed by atoms with Crippen molar-refractivity contribution in [2.24, 2.45) is 4.99 Å². The van der Waals surface area contributed by atoms with Gasteiger partial charge in [-0.2, -0.15) is 0 Å². The third-order valence-electron chi connectivity index (χ3n) is 7.33. The number of carbonyl (C=O) groups excluding carboxylic acids is 1. The smallest absolute Gasteiger partial charge is 0.338 e. The molecule has 1 aliphatic heterocycles. The summed E-state index contributed by atoms with van der Waals surface area (Å²) in [6.07, 6.45) is 1.85.